The predicted octanol–water partition coefficient (Wildman–Crippen LogP) is 3.65. The zero-order valence-corrected chi connectivity index (χ0v) is 10.2. The molecule has 1 fully saturated rings. The molecule has 1 aromatic carbocycles. The van der Waals surface area contributed by atoms with Crippen molar-refractivity contribution in [3.8, 4) is 0 Å². The Kier molecular flexibility index (Phi) is 3.72. The third-order valence-electron chi connectivity index (χ3n) is 3.55. The zero-order chi connectivity index (χ0) is 12.3. The second-order valence-electron chi connectivity index (χ2n) is 4.80. The third kappa shape index (κ3) is 2.63. The molecule has 90 valence electrons. The number of ketones is 2. The Balaban J connectivity index is 2.26. The molecule has 0 bridgehead atoms. The molecule has 0 heterocycles. The smallest absolute Gasteiger partial charge is 0.166 e. The van der Waals surface area contributed by atoms with Crippen LogP contribution in [-0.4, -0.2) is 11.6 Å². The van der Waals surface area contributed by atoms with Gasteiger partial charge in [-0.15, -0.1) is 0 Å². The van der Waals surface area contributed by atoms with Crippen LogP contribution in [0.3, 0.4) is 0 Å². The average Bonchev–Trinajstić information content (AvgIpc) is 2.39. The van der Waals surface area contributed by atoms with Crippen LogP contribution >= 0.6 is 0 Å². The Hall–Kier alpha value is -1.44. The van der Waals surface area contributed by atoms with Crippen molar-refractivity contribution >= 4 is 11.6 Å². The highest BCUT2D eigenvalue weighted by atomic mass is 16.1. The summed E-state index contributed by atoms with van der Waals surface area (Å²) in [7, 11) is 0. The van der Waals surface area contributed by atoms with Crippen molar-refractivity contribution in [1.82, 2.24) is 0 Å². The maximum Gasteiger partial charge on any atom is 0.166 e. The number of Topliss-reactive ketones (excluding diaryl/α,β-unsaturated/α-hetero) is 2. The van der Waals surface area contributed by atoms with E-state index in [1.165, 1.54) is 13.3 Å². The molecule has 0 saturated heterocycles. The molecule has 2 rings (SSSR count). The van der Waals surface area contributed by atoms with Gasteiger partial charge in [-0.05, 0) is 19.8 Å². The quantitative estimate of drug-likeness (QED) is 0.743. The number of hydrogen-bond acceptors (Lipinski definition) is 2. The summed E-state index contributed by atoms with van der Waals surface area (Å²) in [6, 6.07) is 7.18. The van der Waals surface area contributed by atoms with Crippen LogP contribution < -0.4 is 0 Å². The predicted molar refractivity (Wildman–Crippen MR) is 67.4 cm³/mol. The summed E-state index contributed by atoms with van der Waals surface area (Å²) in [5.41, 5.74) is 1.19. The number of carbonyl (C=O) groups is 2. The van der Waals surface area contributed by atoms with Gasteiger partial charge in [-0.2, -0.15) is 0 Å². The summed E-state index contributed by atoms with van der Waals surface area (Å²) in [6.45, 7) is 1.52. The largest absolute Gasteiger partial charge is 0.294 e. The molecule has 1 aromatic rings. The van der Waals surface area contributed by atoms with Gasteiger partial charge >= 0.3 is 0 Å². The van der Waals surface area contributed by atoms with Gasteiger partial charge in [-0.1, -0.05) is 43.5 Å². The molecule has 0 unspecified atom stereocenters. The van der Waals surface area contributed by atoms with E-state index in [4.69, 9.17) is 0 Å². The fourth-order valence-corrected chi connectivity index (χ4v) is 2.59. The van der Waals surface area contributed by atoms with Gasteiger partial charge < -0.3 is 0 Å². The Morgan fingerprint density at radius 2 is 1.59 bits per heavy atom. The van der Waals surface area contributed by atoms with Crippen LogP contribution in [0.5, 0.6) is 0 Å². The molecule has 1 aliphatic rings. The van der Waals surface area contributed by atoms with Gasteiger partial charge in [0, 0.05) is 17.0 Å². The molecule has 2 nitrogen and oxygen atoms in total. The Morgan fingerprint density at radius 3 is 2.18 bits per heavy atom. The summed E-state index contributed by atoms with van der Waals surface area (Å²) in [5.74, 6) is 0.268. The molecule has 0 spiro atoms. The first-order valence-electron chi connectivity index (χ1n) is 6.34. The minimum atomic E-state index is -0.0234. The van der Waals surface area contributed by atoms with Crippen molar-refractivity contribution in [2.75, 3.05) is 0 Å². The minimum absolute atomic E-state index is 0.0234. The van der Waals surface area contributed by atoms with Crippen LogP contribution in [0.1, 0.15) is 59.7 Å². The summed E-state index contributed by atoms with van der Waals surface area (Å²) < 4.78 is 0. The van der Waals surface area contributed by atoms with Crippen molar-refractivity contribution < 1.29 is 9.59 Å². The average molecular weight is 230 g/mol. The molecule has 17 heavy (non-hydrogen) atoms. The van der Waals surface area contributed by atoms with Crippen molar-refractivity contribution in [3.05, 3.63) is 35.4 Å². The Labute approximate surface area is 102 Å². The highest BCUT2D eigenvalue weighted by Crippen LogP contribution is 2.28. The van der Waals surface area contributed by atoms with Gasteiger partial charge in [0.15, 0.2) is 11.6 Å². The third-order valence-corrected chi connectivity index (χ3v) is 3.55. The van der Waals surface area contributed by atoms with Crippen LogP contribution in [0.25, 0.3) is 0 Å². The Bertz CT molecular complexity index is 428. The summed E-state index contributed by atoms with van der Waals surface area (Å²) in [4.78, 5) is 23.9. The zero-order valence-electron chi connectivity index (χ0n) is 10.2. The van der Waals surface area contributed by atoms with Gasteiger partial charge in [0.1, 0.15) is 0 Å². The molecule has 0 radical (unpaired) electrons. The van der Waals surface area contributed by atoms with E-state index < -0.39 is 0 Å². The molecule has 1 saturated carbocycles. The molecule has 0 aromatic heterocycles. The highest BCUT2D eigenvalue weighted by molar-refractivity contribution is 6.08. The van der Waals surface area contributed by atoms with E-state index in [0.717, 1.165) is 25.7 Å². The summed E-state index contributed by atoms with van der Waals surface area (Å²) in [5, 5.41) is 0. The van der Waals surface area contributed by atoms with E-state index in [2.05, 4.69) is 0 Å². The molecule has 0 amide bonds. The maximum atomic E-state index is 12.4. The first-order chi connectivity index (χ1) is 8.20. The van der Waals surface area contributed by atoms with E-state index in [1.807, 2.05) is 12.1 Å². The number of hydrogen-bond donors (Lipinski definition) is 0. The number of benzene rings is 1. The van der Waals surface area contributed by atoms with Gasteiger partial charge in [0.05, 0.1) is 0 Å². The summed E-state index contributed by atoms with van der Waals surface area (Å²) in [6.07, 6.45) is 5.46. The lowest BCUT2D eigenvalue weighted by atomic mass is 9.82. The normalized spacial score (nSPS) is 16.8. The maximum absolute atomic E-state index is 12.4. The first-order valence-corrected chi connectivity index (χ1v) is 6.34. The fourth-order valence-electron chi connectivity index (χ4n) is 2.59. The van der Waals surface area contributed by atoms with E-state index in [1.54, 1.807) is 12.1 Å². The lowest BCUT2D eigenvalue weighted by molar-refractivity contribution is 0.0881. The molecule has 0 atom stereocenters. The second-order valence-corrected chi connectivity index (χ2v) is 4.80. The number of carbonyl (C=O) groups excluding carboxylic acids is 2. The minimum Gasteiger partial charge on any atom is -0.294 e. The van der Waals surface area contributed by atoms with Crippen molar-refractivity contribution in [3.63, 3.8) is 0 Å². The van der Waals surface area contributed by atoms with Crippen LogP contribution in [0.4, 0.5) is 0 Å². The van der Waals surface area contributed by atoms with E-state index in [-0.39, 0.29) is 17.5 Å². The topological polar surface area (TPSA) is 34.1 Å². The monoisotopic (exact) mass is 230 g/mol. The molecule has 1 aliphatic carbocycles. The van der Waals surface area contributed by atoms with Gasteiger partial charge in [0.25, 0.3) is 0 Å². The van der Waals surface area contributed by atoms with Gasteiger partial charge in [0.2, 0.25) is 0 Å². The van der Waals surface area contributed by atoms with Crippen LogP contribution in [-0.2, 0) is 0 Å². The molecule has 0 N–H and O–H groups in total. The molecule has 2 heteroatoms. The van der Waals surface area contributed by atoms with Crippen molar-refractivity contribution in [2.24, 2.45) is 5.92 Å². The number of rotatable bonds is 3. The van der Waals surface area contributed by atoms with Crippen LogP contribution in [0.2, 0.25) is 0 Å². The van der Waals surface area contributed by atoms with Crippen molar-refractivity contribution in [2.45, 2.75) is 39.0 Å². The molecule has 0 aliphatic heterocycles. The Morgan fingerprint density at radius 1 is 1.00 bits per heavy atom. The van der Waals surface area contributed by atoms with Gasteiger partial charge in [-0.25, -0.2) is 0 Å². The lowest BCUT2D eigenvalue weighted by Crippen LogP contribution is -2.20. The standard InChI is InChI=1S/C15H18O2/c1-11(16)13-9-5-6-10-14(13)15(17)12-7-3-2-4-8-12/h5-6,9-10,12H,2-4,7-8H2,1H3. The SMILES string of the molecule is CC(=O)c1ccccc1C(=O)C1CCCCC1. The molecular weight excluding hydrogens is 212 g/mol. The highest BCUT2D eigenvalue weighted by Gasteiger charge is 2.24. The van der Waals surface area contributed by atoms with Crippen molar-refractivity contribution in [1.29, 1.82) is 0 Å². The fraction of sp³-hybridized carbons (Fsp3) is 0.467. The van der Waals surface area contributed by atoms with E-state index in [0.29, 0.717) is 11.1 Å². The summed E-state index contributed by atoms with van der Waals surface area (Å²) >= 11 is 0. The van der Waals surface area contributed by atoms with Crippen LogP contribution in [0.15, 0.2) is 24.3 Å². The van der Waals surface area contributed by atoms with E-state index in [9.17, 15) is 9.59 Å². The lowest BCUT2D eigenvalue weighted by Gasteiger charge is -2.21. The van der Waals surface area contributed by atoms with Crippen LogP contribution in [0, 0.1) is 5.92 Å². The van der Waals surface area contributed by atoms with E-state index >= 15 is 0 Å². The first kappa shape index (κ1) is 12.0. The van der Waals surface area contributed by atoms with Gasteiger partial charge in [-0.3, -0.25) is 9.59 Å². The molecular formula is C15H18O2. The second kappa shape index (κ2) is 5.26.